The minimum atomic E-state index is -0.516. The van der Waals surface area contributed by atoms with Crippen LogP contribution in [-0.2, 0) is 11.3 Å². The van der Waals surface area contributed by atoms with Gasteiger partial charge >= 0.3 is 0 Å². The normalized spacial score (nSPS) is 10.8. The van der Waals surface area contributed by atoms with Gasteiger partial charge in [-0.15, -0.1) is 0 Å². The van der Waals surface area contributed by atoms with Gasteiger partial charge in [-0.25, -0.2) is 9.37 Å². The van der Waals surface area contributed by atoms with Crippen molar-refractivity contribution in [3.05, 3.63) is 93.7 Å². The lowest BCUT2D eigenvalue weighted by molar-refractivity contribution is -0.114. The van der Waals surface area contributed by atoms with E-state index in [1.165, 1.54) is 29.7 Å². The molecule has 0 aliphatic heterocycles. The summed E-state index contributed by atoms with van der Waals surface area (Å²) in [6.07, 6.45) is 0. The highest BCUT2D eigenvalue weighted by atomic mass is 35.5. The number of nitrogens with one attached hydrogen (secondary N) is 2. The van der Waals surface area contributed by atoms with Crippen molar-refractivity contribution in [2.24, 2.45) is 0 Å². The first-order valence-electron chi connectivity index (χ1n) is 9.50. The summed E-state index contributed by atoms with van der Waals surface area (Å²) in [5.41, 5.74) is 1.80. The maximum Gasteiger partial charge on any atom is 0.266 e. The number of nitrogens with zero attached hydrogens (tertiary/aromatic N) is 2. The molecule has 0 bridgehead atoms. The molecule has 8 heteroatoms. The van der Waals surface area contributed by atoms with Crippen LogP contribution < -0.4 is 16.2 Å². The Kier molecular flexibility index (Phi) is 5.68. The predicted molar refractivity (Wildman–Crippen MR) is 120 cm³/mol. The van der Waals surface area contributed by atoms with E-state index < -0.39 is 11.4 Å². The van der Waals surface area contributed by atoms with E-state index in [1.54, 1.807) is 42.5 Å². The van der Waals surface area contributed by atoms with Crippen LogP contribution in [0.3, 0.4) is 0 Å². The Labute approximate surface area is 182 Å². The lowest BCUT2D eigenvalue weighted by Crippen LogP contribution is -2.25. The van der Waals surface area contributed by atoms with Crippen LogP contribution in [0.1, 0.15) is 12.7 Å². The second kappa shape index (κ2) is 8.57. The van der Waals surface area contributed by atoms with Crippen molar-refractivity contribution in [3.63, 3.8) is 0 Å². The first-order valence-corrected chi connectivity index (χ1v) is 9.88. The van der Waals surface area contributed by atoms with Gasteiger partial charge in [-0.1, -0.05) is 29.8 Å². The van der Waals surface area contributed by atoms with E-state index in [0.29, 0.717) is 27.7 Å². The van der Waals surface area contributed by atoms with Crippen LogP contribution in [0.4, 0.5) is 15.8 Å². The smallest absolute Gasteiger partial charge is 0.266 e. The number of hydrogen-bond donors (Lipinski definition) is 2. The maximum absolute atomic E-state index is 13.8. The minimum absolute atomic E-state index is 0.163. The highest BCUT2D eigenvalue weighted by Gasteiger charge is 2.15. The van der Waals surface area contributed by atoms with Crippen LogP contribution in [0.25, 0.3) is 16.6 Å². The van der Waals surface area contributed by atoms with Crippen LogP contribution in [0.15, 0.2) is 71.5 Å². The Balaban J connectivity index is 1.79. The van der Waals surface area contributed by atoms with Crippen LogP contribution in [-0.4, -0.2) is 15.5 Å². The third-order valence-corrected chi connectivity index (χ3v) is 4.95. The fourth-order valence-electron chi connectivity index (χ4n) is 3.30. The summed E-state index contributed by atoms with van der Waals surface area (Å²) in [7, 11) is 0. The Morgan fingerprint density at radius 2 is 1.84 bits per heavy atom. The summed E-state index contributed by atoms with van der Waals surface area (Å²) in [6.45, 7) is 1.63. The molecule has 6 nitrogen and oxygen atoms in total. The molecule has 0 spiro atoms. The van der Waals surface area contributed by atoms with E-state index in [0.717, 1.165) is 5.69 Å². The van der Waals surface area contributed by atoms with Crippen molar-refractivity contribution in [1.29, 1.82) is 0 Å². The highest BCUT2D eigenvalue weighted by Crippen LogP contribution is 2.22. The summed E-state index contributed by atoms with van der Waals surface area (Å²) in [5.74, 6) is -0.284. The first-order chi connectivity index (χ1) is 14.9. The maximum atomic E-state index is 13.8. The number of halogens is 2. The molecule has 0 unspecified atom stereocenters. The van der Waals surface area contributed by atoms with Crippen LogP contribution in [0.5, 0.6) is 0 Å². The number of aromatic nitrogens is 2. The van der Waals surface area contributed by atoms with Crippen molar-refractivity contribution in [3.8, 4) is 5.69 Å². The minimum Gasteiger partial charge on any atom is -0.378 e. The fraction of sp³-hybridized carbons (Fsp3) is 0.0870. The number of para-hydroxylation sites is 1. The number of anilines is 2. The van der Waals surface area contributed by atoms with Crippen LogP contribution in [0, 0.1) is 5.82 Å². The van der Waals surface area contributed by atoms with Gasteiger partial charge in [0.2, 0.25) is 5.91 Å². The second-order valence-corrected chi connectivity index (χ2v) is 7.30. The highest BCUT2D eigenvalue weighted by molar-refractivity contribution is 6.32. The lowest BCUT2D eigenvalue weighted by Gasteiger charge is -2.16. The lowest BCUT2D eigenvalue weighted by atomic mass is 10.2. The van der Waals surface area contributed by atoms with Gasteiger partial charge < -0.3 is 10.6 Å². The molecule has 2 N–H and O–H groups in total. The number of benzene rings is 3. The van der Waals surface area contributed by atoms with E-state index in [1.807, 2.05) is 6.07 Å². The van der Waals surface area contributed by atoms with Gasteiger partial charge in [-0.2, -0.15) is 0 Å². The zero-order valence-corrected chi connectivity index (χ0v) is 17.3. The van der Waals surface area contributed by atoms with Gasteiger partial charge in [0.25, 0.3) is 5.56 Å². The van der Waals surface area contributed by atoms with Gasteiger partial charge in [0.1, 0.15) is 11.6 Å². The summed E-state index contributed by atoms with van der Waals surface area (Å²) in [5, 5.41) is 6.48. The number of carbonyl (C=O) groups is 1. The van der Waals surface area contributed by atoms with Crippen LogP contribution >= 0.6 is 11.6 Å². The van der Waals surface area contributed by atoms with Gasteiger partial charge in [0.05, 0.1) is 28.2 Å². The average molecular weight is 437 g/mol. The Bertz CT molecular complexity index is 1350. The third-order valence-electron chi connectivity index (χ3n) is 4.63. The molecule has 31 heavy (non-hydrogen) atoms. The molecule has 1 amide bonds. The van der Waals surface area contributed by atoms with Gasteiger partial charge in [0.15, 0.2) is 0 Å². The molecule has 156 valence electrons. The van der Waals surface area contributed by atoms with Crippen molar-refractivity contribution in [2.75, 3.05) is 10.6 Å². The predicted octanol–water partition coefficient (Wildman–Crippen LogP) is 4.75. The van der Waals surface area contributed by atoms with E-state index in [2.05, 4.69) is 15.6 Å². The molecular weight excluding hydrogens is 419 g/mol. The average Bonchev–Trinajstić information content (AvgIpc) is 2.73. The molecule has 0 saturated heterocycles. The molecule has 4 rings (SSSR count). The number of amides is 1. The second-order valence-electron chi connectivity index (χ2n) is 6.90. The molecule has 0 atom stereocenters. The summed E-state index contributed by atoms with van der Waals surface area (Å²) < 4.78 is 15.2. The van der Waals surface area contributed by atoms with Crippen LogP contribution in [0.2, 0.25) is 5.02 Å². The van der Waals surface area contributed by atoms with Gasteiger partial charge in [0, 0.05) is 18.3 Å². The fourth-order valence-corrected chi connectivity index (χ4v) is 3.52. The quantitative estimate of drug-likeness (QED) is 0.473. The first kappa shape index (κ1) is 20.6. The van der Waals surface area contributed by atoms with Crippen molar-refractivity contribution in [2.45, 2.75) is 13.5 Å². The Hall–Kier alpha value is -3.71. The number of fused-ring (bicyclic) bond motifs is 1. The van der Waals surface area contributed by atoms with Gasteiger partial charge in [-0.05, 0) is 48.5 Å². The summed E-state index contributed by atoms with van der Waals surface area (Å²) in [6, 6.07) is 18.0. The van der Waals surface area contributed by atoms with E-state index in [4.69, 9.17) is 11.6 Å². The molecule has 1 aromatic heterocycles. The zero-order chi connectivity index (χ0) is 22.0. The molecule has 0 radical (unpaired) electrons. The molecule has 0 aliphatic rings. The van der Waals surface area contributed by atoms with Gasteiger partial charge in [-0.3, -0.25) is 14.2 Å². The molecule has 1 heterocycles. The molecule has 0 fully saturated rings. The Morgan fingerprint density at radius 1 is 1.06 bits per heavy atom. The standard InChI is InChI=1S/C23H18ClFN4O2/c1-14(30)27-17-6-4-5-16(12-17)26-13-22-28-20-10-9-15(25)11-18(20)23(31)29(22)21-8-3-2-7-19(21)24/h2-12,26H,13H2,1H3,(H,27,30). The van der Waals surface area contributed by atoms with E-state index >= 15 is 0 Å². The van der Waals surface area contributed by atoms with E-state index in [-0.39, 0.29) is 17.8 Å². The molecule has 0 saturated carbocycles. The van der Waals surface area contributed by atoms with Crippen molar-refractivity contribution in [1.82, 2.24) is 9.55 Å². The molecule has 0 aliphatic carbocycles. The molecular formula is C23H18ClFN4O2. The topological polar surface area (TPSA) is 76.0 Å². The number of rotatable bonds is 5. The van der Waals surface area contributed by atoms with Crippen molar-refractivity contribution < 1.29 is 9.18 Å². The zero-order valence-electron chi connectivity index (χ0n) is 16.5. The largest absolute Gasteiger partial charge is 0.378 e. The number of carbonyl (C=O) groups excluding carboxylic acids is 1. The van der Waals surface area contributed by atoms with Crippen molar-refractivity contribution >= 4 is 39.8 Å². The Morgan fingerprint density at radius 3 is 2.61 bits per heavy atom. The summed E-state index contributed by atoms with van der Waals surface area (Å²) in [4.78, 5) is 29.2. The monoisotopic (exact) mass is 436 g/mol. The third kappa shape index (κ3) is 4.41. The SMILES string of the molecule is CC(=O)Nc1cccc(NCc2nc3ccc(F)cc3c(=O)n2-c2ccccc2Cl)c1. The molecule has 3 aromatic carbocycles. The number of hydrogen-bond acceptors (Lipinski definition) is 4. The summed E-state index contributed by atoms with van der Waals surface area (Å²) >= 11 is 6.35. The molecule has 4 aromatic rings. The van der Waals surface area contributed by atoms with E-state index in [9.17, 15) is 14.0 Å².